The van der Waals surface area contributed by atoms with E-state index in [1.54, 1.807) is 0 Å². The Morgan fingerprint density at radius 3 is 2.57 bits per heavy atom. The van der Waals surface area contributed by atoms with Gasteiger partial charge >= 0.3 is 5.97 Å². The van der Waals surface area contributed by atoms with Crippen LogP contribution in [0, 0.1) is 40.4 Å². The van der Waals surface area contributed by atoms with E-state index in [0.29, 0.717) is 30.0 Å². The van der Waals surface area contributed by atoms with Gasteiger partial charge in [-0.1, -0.05) is 36.7 Å². The van der Waals surface area contributed by atoms with E-state index in [0.717, 1.165) is 38.5 Å². The quantitative estimate of drug-likeness (QED) is 0.483. The van der Waals surface area contributed by atoms with Crippen molar-refractivity contribution in [1.29, 1.82) is 0 Å². The summed E-state index contributed by atoms with van der Waals surface area (Å²) in [4.78, 5) is 36.6. The number of carbonyl (C=O) groups excluding carboxylic acids is 3. The van der Waals surface area contributed by atoms with Crippen LogP contribution in [0.5, 0.6) is 0 Å². The molecule has 9 atom stereocenters. The standard InChI is InChI=1S/C24H35BrO5/c1-13-9-18-16-6-5-15-10-20(27)19(25)11-22(15,3)17(16)7-8-23(18,4)24(13,29)21(28)12-30-14(2)26/h13,15-19,29H,5-12H2,1-4H3/t13-,15+,16-,17-,18-,19-,22+,23+,24+/m1/s1. The molecule has 4 aliphatic carbocycles. The molecule has 0 aromatic rings. The first kappa shape index (κ1) is 22.4. The minimum atomic E-state index is -1.45. The molecule has 0 unspecified atom stereocenters. The van der Waals surface area contributed by atoms with Crippen molar-refractivity contribution < 1.29 is 24.2 Å². The van der Waals surface area contributed by atoms with E-state index in [1.165, 1.54) is 6.92 Å². The molecule has 0 spiro atoms. The number of alkyl halides is 1. The van der Waals surface area contributed by atoms with Crippen LogP contribution >= 0.6 is 15.9 Å². The van der Waals surface area contributed by atoms with Gasteiger partial charge in [-0.25, -0.2) is 0 Å². The van der Waals surface area contributed by atoms with Crippen LogP contribution < -0.4 is 0 Å². The van der Waals surface area contributed by atoms with Crippen LogP contribution in [0.1, 0.15) is 72.6 Å². The second-order valence-electron chi connectivity index (χ2n) is 11.1. The minimum Gasteiger partial charge on any atom is -0.458 e. The zero-order chi connectivity index (χ0) is 22.1. The average Bonchev–Trinajstić information content (AvgIpc) is 2.88. The number of hydrogen-bond donors (Lipinski definition) is 1. The molecule has 0 saturated heterocycles. The predicted molar refractivity (Wildman–Crippen MR) is 116 cm³/mol. The molecule has 30 heavy (non-hydrogen) atoms. The fourth-order valence-corrected chi connectivity index (χ4v) is 9.16. The highest BCUT2D eigenvalue weighted by Gasteiger charge is 2.69. The van der Waals surface area contributed by atoms with Crippen molar-refractivity contribution in [2.24, 2.45) is 40.4 Å². The van der Waals surface area contributed by atoms with Gasteiger partial charge in [0.05, 0.1) is 4.83 Å². The lowest BCUT2D eigenvalue weighted by molar-refractivity contribution is -0.179. The molecule has 0 radical (unpaired) electrons. The SMILES string of the molecule is CC(=O)OCC(=O)[C@@]1(O)[C@H](C)C[C@@H]2[C@@H]3CC[C@H]4CC(=O)[C@H](Br)C[C@]4(C)[C@@H]3CC[C@@]21C. The number of esters is 1. The molecule has 0 aliphatic heterocycles. The summed E-state index contributed by atoms with van der Waals surface area (Å²) in [5.74, 6) is 1.07. The van der Waals surface area contributed by atoms with Crippen molar-refractivity contribution in [2.45, 2.75) is 83.1 Å². The molecule has 0 amide bonds. The summed E-state index contributed by atoms with van der Waals surface area (Å²) in [7, 11) is 0. The summed E-state index contributed by atoms with van der Waals surface area (Å²) in [5, 5.41) is 11.8. The fraction of sp³-hybridized carbons (Fsp3) is 0.875. The molecule has 4 aliphatic rings. The highest BCUT2D eigenvalue weighted by atomic mass is 79.9. The van der Waals surface area contributed by atoms with Crippen LogP contribution in [-0.4, -0.2) is 39.7 Å². The maximum absolute atomic E-state index is 13.1. The van der Waals surface area contributed by atoms with Crippen molar-refractivity contribution in [3.8, 4) is 0 Å². The van der Waals surface area contributed by atoms with Gasteiger partial charge < -0.3 is 9.84 Å². The summed E-state index contributed by atoms with van der Waals surface area (Å²) in [6.45, 7) is 7.39. The maximum atomic E-state index is 13.1. The molecule has 6 heteroatoms. The Morgan fingerprint density at radius 1 is 1.20 bits per heavy atom. The molecule has 4 rings (SSSR count). The number of hydrogen-bond acceptors (Lipinski definition) is 5. The molecular formula is C24H35BrO5. The first-order valence-electron chi connectivity index (χ1n) is 11.5. The van der Waals surface area contributed by atoms with Gasteiger partial charge in [-0.05, 0) is 73.5 Å². The van der Waals surface area contributed by atoms with Gasteiger partial charge in [0.1, 0.15) is 11.4 Å². The van der Waals surface area contributed by atoms with Gasteiger partial charge in [-0.15, -0.1) is 0 Å². The van der Waals surface area contributed by atoms with Gasteiger partial charge in [0.25, 0.3) is 0 Å². The topological polar surface area (TPSA) is 80.7 Å². The van der Waals surface area contributed by atoms with E-state index >= 15 is 0 Å². The third kappa shape index (κ3) is 2.99. The average molecular weight is 483 g/mol. The first-order chi connectivity index (χ1) is 13.9. The van der Waals surface area contributed by atoms with Gasteiger partial charge in [-0.3, -0.25) is 14.4 Å². The zero-order valence-electron chi connectivity index (χ0n) is 18.6. The molecule has 0 bridgehead atoms. The van der Waals surface area contributed by atoms with Crippen molar-refractivity contribution in [1.82, 2.24) is 0 Å². The number of carbonyl (C=O) groups is 3. The Labute approximate surface area is 187 Å². The smallest absolute Gasteiger partial charge is 0.303 e. The number of aliphatic hydroxyl groups is 1. The first-order valence-corrected chi connectivity index (χ1v) is 12.4. The Hall–Kier alpha value is -0.750. The molecule has 4 saturated carbocycles. The lowest BCUT2D eigenvalue weighted by atomic mass is 9.44. The number of rotatable bonds is 3. The Bertz CT molecular complexity index is 767. The van der Waals surface area contributed by atoms with Crippen molar-refractivity contribution in [3.05, 3.63) is 0 Å². The minimum absolute atomic E-state index is 0.0458. The van der Waals surface area contributed by atoms with Crippen molar-refractivity contribution >= 4 is 33.5 Å². The Morgan fingerprint density at radius 2 is 1.90 bits per heavy atom. The third-order valence-electron chi connectivity index (χ3n) is 9.89. The van der Waals surface area contributed by atoms with Gasteiger partial charge in [0, 0.05) is 18.8 Å². The summed E-state index contributed by atoms with van der Waals surface area (Å²) >= 11 is 3.63. The molecule has 0 heterocycles. The molecule has 0 aromatic carbocycles. The summed E-state index contributed by atoms with van der Waals surface area (Å²) in [6, 6.07) is 0. The van der Waals surface area contributed by atoms with E-state index in [-0.39, 0.29) is 34.5 Å². The van der Waals surface area contributed by atoms with Crippen molar-refractivity contribution in [3.63, 3.8) is 0 Å². The number of fused-ring (bicyclic) bond motifs is 5. The number of halogens is 1. The van der Waals surface area contributed by atoms with Crippen LogP contribution in [0.25, 0.3) is 0 Å². The van der Waals surface area contributed by atoms with Crippen LogP contribution in [0.3, 0.4) is 0 Å². The van der Waals surface area contributed by atoms with Gasteiger partial charge in [-0.2, -0.15) is 0 Å². The molecule has 0 aromatic heterocycles. The van der Waals surface area contributed by atoms with Crippen LogP contribution in [-0.2, 0) is 19.1 Å². The van der Waals surface area contributed by atoms with Crippen molar-refractivity contribution in [2.75, 3.05) is 6.61 Å². The van der Waals surface area contributed by atoms with E-state index in [4.69, 9.17) is 4.74 Å². The normalized spacial score (nSPS) is 50.3. The third-order valence-corrected chi connectivity index (χ3v) is 10.7. The lowest BCUT2D eigenvalue weighted by Crippen LogP contribution is -2.61. The van der Waals surface area contributed by atoms with E-state index < -0.39 is 17.0 Å². The summed E-state index contributed by atoms with van der Waals surface area (Å²) < 4.78 is 4.98. The number of Topliss-reactive ketones (excluding diaryl/α,β-unsaturated/α-hetero) is 2. The maximum Gasteiger partial charge on any atom is 0.303 e. The molecular weight excluding hydrogens is 448 g/mol. The van der Waals surface area contributed by atoms with Gasteiger partial charge in [0.15, 0.2) is 6.61 Å². The van der Waals surface area contributed by atoms with Gasteiger partial charge in [0.2, 0.25) is 5.78 Å². The summed E-state index contributed by atoms with van der Waals surface area (Å²) in [5.41, 5.74) is -1.80. The zero-order valence-corrected chi connectivity index (χ0v) is 20.2. The van der Waals surface area contributed by atoms with Crippen LogP contribution in [0.15, 0.2) is 0 Å². The fourth-order valence-electron chi connectivity index (χ4n) is 8.27. The predicted octanol–water partition coefficient (Wildman–Crippen LogP) is 4.08. The highest BCUT2D eigenvalue weighted by molar-refractivity contribution is 9.10. The molecule has 5 nitrogen and oxygen atoms in total. The number of ether oxygens (including phenoxy) is 1. The largest absolute Gasteiger partial charge is 0.458 e. The van der Waals surface area contributed by atoms with E-state index in [1.807, 2.05) is 6.92 Å². The number of ketones is 2. The Kier molecular flexibility index (Phi) is 5.53. The monoisotopic (exact) mass is 482 g/mol. The highest BCUT2D eigenvalue weighted by Crippen LogP contribution is 2.69. The molecule has 4 fully saturated rings. The van der Waals surface area contributed by atoms with Crippen LogP contribution in [0.4, 0.5) is 0 Å². The van der Waals surface area contributed by atoms with E-state index in [9.17, 15) is 19.5 Å². The van der Waals surface area contributed by atoms with E-state index in [2.05, 4.69) is 29.8 Å². The van der Waals surface area contributed by atoms with Crippen LogP contribution in [0.2, 0.25) is 0 Å². The second-order valence-corrected chi connectivity index (χ2v) is 12.2. The second kappa shape index (κ2) is 7.40. The lowest BCUT2D eigenvalue weighted by Gasteiger charge is -2.61. The molecule has 168 valence electrons. The Balaban J connectivity index is 1.62. The molecule has 1 N–H and O–H groups in total. The summed E-state index contributed by atoms with van der Waals surface area (Å²) in [6.07, 6.45) is 6.32.